The number of rotatable bonds is 7. The minimum Gasteiger partial charge on any atom is -0.411 e. The maximum absolute atomic E-state index is 11.6. The topological polar surface area (TPSA) is 146 Å². The van der Waals surface area contributed by atoms with Crippen LogP contribution in [-0.4, -0.2) is 49.5 Å². The van der Waals surface area contributed by atoms with Crippen molar-refractivity contribution in [3.63, 3.8) is 0 Å². The Morgan fingerprint density at radius 2 is 2.43 bits per heavy atom. The Morgan fingerprint density at radius 3 is 2.90 bits per heavy atom. The third-order valence-corrected chi connectivity index (χ3v) is 2.75. The van der Waals surface area contributed by atoms with Gasteiger partial charge in [-0.2, -0.15) is 5.10 Å². The highest BCUT2D eigenvalue weighted by Gasteiger charge is 2.20. The van der Waals surface area contributed by atoms with Crippen molar-refractivity contribution in [3.8, 4) is 0 Å². The number of H-pyrrole nitrogens is 1. The number of nitrogens with one attached hydrogen (secondary N) is 2. The number of aromatic amines is 1. The van der Waals surface area contributed by atoms with Gasteiger partial charge in [-0.3, -0.25) is 20.0 Å². The van der Waals surface area contributed by atoms with Crippen LogP contribution in [0.2, 0.25) is 0 Å². The van der Waals surface area contributed by atoms with E-state index in [1.54, 1.807) is 13.8 Å². The maximum Gasteiger partial charge on any atom is 0.288 e. The van der Waals surface area contributed by atoms with Crippen molar-refractivity contribution < 1.29 is 14.9 Å². The molecular weight excluding hydrogens is 280 g/mol. The number of amides is 1. The van der Waals surface area contributed by atoms with Gasteiger partial charge in [0.15, 0.2) is 0 Å². The van der Waals surface area contributed by atoms with Crippen LogP contribution in [0.25, 0.3) is 0 Å². The first kappa shape index (κ1) is 16.3. The summed E-state index contributed by atoms with van der Waals surface area (Å²) in [7, 11) is 0. The Kier molecular flexibility index (Phi) is 5.99. The van der Waals surface area contributed by atoms with E-state index in [1.165, 1.54) is 12.4 Å². The summed E-state index contributed by atoms with van der Waals surface area (Å²) in [5.41, 5.74) is 0.532. The number of carbonyl (C=O) groups excluding carboxylic acids is 1. The third-order valence-electron chi connectivity index (χ3n) is 2.75. The molecule has 0 fully saturated rings. The molecule has 1 aromatic heterocycles. The Labute approximate surface area is 120 Å². The van der Waals surface area contributed by atoms with Crippen LogP contribution in [0.5, 0.6) is 0 Å². The van der Waals surface area contributed by atoms with Gasteiger partial charge in [-0.05, 0) is 13.0 Å². The van der Waals surface area contributed by atoms with Crippen LogP contribution in [0.4, 0.5) is 0 Å². The summed E-state index contributed by atoms with van der Waals surface area (Å²) in [4.78, 5) is 25.7. The molecule has 1 unspecified atom stereocenters. The molecule has 1 aromatic rings. The van der Waals surface area contributed by atoms with Crippen molar-refractivity contribution in [2.24, 2.45) is 5.16 Å². The molecule has 10 heteroatoms. The SMILES string of the molecule is CCC(/C(C)=C/C(CNC(=O)c1ncn[nH]1)=N\O)[N+](=O)[O-]. The number of hydrogen-bond donors (Lipinski definition) is 3. The van der Waals surface area contributed by atoms with Gasteiger partial charge >= 0.3 is 0 Å². The summed E-state index contributed by atoms with van der Waals surface area (Å²) in [6.07, 6.45) is 2.87. The second-order valence-corrected chi connectivity index (χ2v) is 4.21. The fraction of sp³-hybridized carbons (Fsp3) is 0.455. The molecule has 114 valence electrons. The van der Waals surface area contributed by atoms with Crippen LogP contribution < -0.4 is 5.32 Å². The van der Waals surface area contributed by atoms with Crippen LogP contribution in [-0.2, 0) is 0 Å². The number of nitro groups is 1. The lowest BCUT2D eigenvalue weighted by Gasteiger charge is -2.08. The summed E-state index contributed by atoms with van der Waals surface area (Å²) >= 11 is 0. The van der Waals surface area contributed by atoms with Gasteiger partial charge in [0.2, 0.25) is 11.9 Å². The summed E-state index contributed by atoms with van der Waals surface area (Å²) < 4.78 is 0. The van der Waals surface area contributed by atoms with E-state index >= 15 is 0 Å². The minimum absolute atomic E-state index is 0.0183. The van der Waals surface area contributed by atoms with Gasteiger partial charge in [-0.15, -0.1) is 0 Å². The lowest BCUT2D eigenvalue weighted by Crippen LogP contribution is -2.30. The average Bonchev–Trinajstić information content (AvgIpc) is 2.97. The minimum atomic E-state index is -0.855. The van der Waals surface area contributed by atoms with Crippen molar-refractivity contribution >= 4 is 11.6 Å². The lowest BCUT2D eigenvalue weighted by atomic mass is 10.1. The summed E-state index contributed by atoms with van der Waals surface area (Å²) in [6, 6.07) is -0.855. The van der Waals surface area contributed by atoms with E-state index in [-0.39, 0.29) is 18.1 Å². The Hall–Kier alpha value is -2.78. The normalized spacial score (nSPS) is 13.8. The second-order valence-electron chi connectivity index (χ2n) is 4.21. The van der Waals surface area contributed by atoms with E-state index < -0.39 is 16.9 Å². The van der Waals surface area contributed by atoms with E-state index in [2.05, 4.69) is 25.7 Å². The van der Waals surface area contributed by atoms with Crippen LogP contribution in [0, 0.1) is 10.1 Å². The molecule has 10 nitrogen and oxygen atoms in total. The molecule has 0 aliphatic heterocycles. The highest BCUT2D eigenvalue weighted by molar-refractivity contribution is 6.00. The highest BCUT2D eigenvalue weighted by Crippen LogP contribution is 2.09. The van der Waals surface area contributed by atoms with Gasteiger partial charge in [0.05, 0.1) is 12.3 Å². The van der Waals surface area contributed by atoms with E-state index in [4.69, 9.17) is 5.21 Å². The molecular formula is C11H16N6O4. The molecule has 0 aromatic carbocycles. The average molecular weight is 296 g/mol. The van der Waals surface area contributed by atoms with Crippen molar-refractivity contribution in [3.05, 3.63) is 33.9 Å². The zero-order chi connectivity index (χ0) is 15.8. The lowest BCUT2D eigenvalue weighted by molar-refractivity contribution is -0.512. The van der Waals surface area contributed by atoms with Gasteiger partial charge in [-0.1, -0.05) is 12.1 Å². The van der Waals surface area contributed by atoms with Crippen molar-refractivity contribution in [2.45, 2.75) is 26.3 Å². The van der Waals surface area contributed by atoms with Gasteiger partial charge in [0, 0.05) is 16.9 Å². The maximum atomic E-state index is 11.6. The molecule has 0 saturated heterocycles. The van der Waals surface area contributed by atoms with E-state index in [1.807, 2.05) is 0 Å². The smallest absolute Gasteiger partial charge is 0.288 e. The molecule has 0 spiro atoms. The predicted molar refractivity (Wildman–Crippen MR) is 72.8 cm³/mol. The van der Waals surface area contributed by atoms with Crippen molar-refractivity contribution in [2.75, 3.05) is 6.54 Å². The first-order valence-corrected chi connectivity index (χ1v) is 6.15. The molecule has 3 N–H and O–H groups in total. The molecule has 0 aliphatic rings. The molecule has 0 saturated carbocycles. The molecule has 21 heavy (non-hydrogen) atoms. The molecule has 0 radical (unpaired) electrons. The third kappa shape index (κ3) is 4.67. The molecule has 1 rings (SSSR count). The van der Waals surface area contributed by atoms with E-state index in [0.29, 0.717) is 12.0 Å². The van der Waals surface area contributed by atoms with Crippen molar-refractivity contribution in [1.29, 1.82) is 0 Å². The van der Waals surface area contributed by atoms with Gasteiger partial charge in [0.1, 0.15) is 6.33 Å². The Balaban J connectivity index is 2.67. The largest absolute Gasteiger partial charge is 0.411 e. The highest BCUT2D eigenvalue weighted by atomic mass is 16.6. The second kappa shape index (κ2) is 7.72. The summed E-state index contributed by atoms with van der Waals surface area (Å²) in [5.74, 6) is -0.509. The summed E-state index contributed by atoms with van der Waals surface area (Å²) in [5, 5.41) is 31.1. The Morgan fingerprint density at radius 1 is 1.71 bits per heavy atom. The first-order valence-electron chi connectivity index (χ1n) is 6.15. The van der Waals surface area contributed by atoms with Crippen LogP contribution in [0.15, 0.2) is 23.1 Å². The van der Waals surface area contributed by atoms with Gasteiger partial charge < -0.3 is 10.5 Å². The van der Waals surface area contributed by atoms with Crippen LogP contribution >= 0.6 is 0 Å². The zero-order valence-corrected chi connectivity index (χ0v) is 11.6. The fourth-order valence-corrected chi connectivity index (χ4v) is 1.68. The number of nitrogens with zero attached hydrogens (tertiary/aromatic N) is 4. The van der Waals surface area contributed by atoms with E-state index in [9.17, 15) is 14.9 Å². The predicted octanol–water partition coefficient (Wildman–Crippen LogP) is 0.366. The molecule has 1 heterocycles. The zero-order valence-electron chi connectivity index (χ0n) is 11.6. The molecule has 1 atom stereocenters. The monoisotopic (exact) mass is 296 g/mol. The number of carbonyl (C=O) groups is 1. The van der Waals surface area contributed by atoms with Gasteiger partial charge in [-0.25, -0.2) is 4.98 Å². The standard InChI is InChI=1S/C11H16N6O4/c1-3-9(17(20)21)7(2)4-8(16-19)5-12-11(18)10-13-6-14-15-10/h4,6,9,19H,3,5H2,1-2H3,(H,12,18)(H,13,14,15)/b7-4+,16-8+. The number of aromatic nitrogens is 3. The quantitative estimate of drug-likeness (QED) is 0.286. The van der Waals surface area contributed by atoms with Crippen LogP contribution in [0.3, 0.4) is 0 Å². The van der Waals surface area contributed by atoms with Crippen molar-refractivity contribution in [1.82, 2.24) is 20.5 Å². The van der Waals surface area contributed by atoms with E-state index in [0.717, 1.165) is 0 Å². The number of oxime groups is 1. The summed E-state index contributed by atoms with van der Waals surface area (Å²) in [6.45, 7) is 3.16. The first-order chi connectivity index (χ1) is 9.99. The molecule has 0 aliphatic carbocycles. The fourth-order valence-electron chi connectivity index (χ4n) is 1.68. The number of hydrogen-bond acceptors (Lipinski definition) is 7. The molecule has 1 amide bonds. The molecule has 0 bridgehead atoms. The Bertz CT molecular complexity index is 551. The van der Waals surface area contributed by atoms with Crippen LogP contribution in [0.1, 0.15) is 30.9 Å². The van der Waals surface area contributed by atoms with Gasteiger partial charge in [0.25, 0.3) is 5.91 Å².